The Balaban J connectivity index is 1.67. The number of nitrogens with zero attached hydrogens (tertiary/aromatic N) is 2. The molecule has 2 aliphatic rings. The lowest BCUT2D eigenvalue weighted by atomic mass is 10.1. The Labute approximate surface area is 132 Å². The van der Waals surface area contributed by atoms with Crippen molar-refractivity contribution < 1.29 is 13.2 Å². The van der Waals surface area contributed by atoms with Crippen LogP contribution in [0.1, 0.15) is 34.8 Å². The van der Waals surface area contributed by atoms with E-state index in [0.29, 0.717) is 26.2 Å². The van der Waals surface area contributed by atoms with E-state index in [2.05, 4.69) is 6.07 Å². The van der Waals surface area contributed by atoms with Crippen LogP contribution in [0.15, 0.2) is 18.2 Å². The van der Waals surface area contributed by atoms with E-state index in [1.807, 2.05) is 12.1 Å². The minimum Gasteiger partial charge on any atom is -0.336 e. The van der Waals surface area contributed by atoms with Crippen LogP contribution in [0.5, 0.6) is 0 Å². The number of aryl methyl sites for hydroxylation is 2. The third-order valence-electron chi connectivity index (χ3n) is 4.63. The average Bonchev–Trinajstić information content (AvgIpc) is 3.02. The molecule has 0 unspecified atom stereocenters. The first-order valence-electron chi connectivity index (χ1n) is 7.90. The highest BCUT2D eigenvalue weighted by molar-refractivity contribution is 7.89. The van der Waals surface area contributed by atoms with Crippen LogP contribution >= 0.6 is 0 Å². The van der Waals surface area contributed by atoms with Gasteiger partial charge in [-0.2, -0.15) is 4.31 Å². The molecule has 22 heavy (non-hydrogen) atoms. The summed E-state index contributed by atoms with van der Waals surface area (Å²) in [5, 5.41) is 0. The Kier molecular flexibility index (Phi) is 4.23. The van der Waals surface area contributed by atoms with Crippen LogP contribution in [-0.2, 0) is 22.9 Å². The molecule has 1 aromatic rings. The lowest BCUT2D eigenvalue weighted by Crippen LogP contribution is -2.50. The molecule has 1 fully saturated rings. The second kappa shape index (κ2) is 6.01. The van der Waals surface area contributed by atoms with Gasteiger partial charge in [0, 0.05) is 31.7 Å². The average molecular weight is 322 g/mol. The lowest BCUT2D eigenvalue weighted by Gasteiger charge is -2.34. The number of carbonyl (C=O) groups excluding carboxylic acids is 1. The number of hydrogen-bond donors (Lipinski definition) is 0. The van der Waals surface area contributed by atoms with E-state index in [9.17, 15) is 13.2 Å². The fourth-order valence-electron chi connectivity index (χ4n) is 3.24. The maximum absolute atomic E-state index is 12.6. The first-order chi connectivity index (χ1) is 10.5. The molecule has 0 N–H and O–H groups in total. The lowest BCUT2D eigenvalue weighted by molar-refractivity contribution is 0.0698. The molecule has 1 aliphatic carbocycles. The molecule has 0 radical (unpaired) electrons. The second-order valence-corrected chi connectivity index (χ2v) is 8.19. The number of sulfonamides is 1. The smallest absolute Gasteiger partial charge is 0.253 e. The van der Waals surface area contributed by atoms with Crippen LogP contribution in [0.25, 0.3) is 0 Å². The van der Waals surface area contributed by atoms with Crippen LogP contribution in [-0.4, -0.2) is 55.5 Å². The molecule has 0 spiro atoms. The normalized spacial score (nSPS) is 19.2. The molecule has 1 amide bonds. The Bertz CT molecular complexity index is 677. The van der Waals surface area contributed by atoms with E-state index in [1.54, 1.807) is 11.8 Å². The van der Waals surface area contributed by atoms with Crippen LogP contribution in [0, 0.1) is 0 Å². The molecular weight excluding hydrogens is 300 g/mol. The third-order valence-corrected chi connectivity index (χ3v) is 6.51. The van der Waals surface area contributed by atoms with Crippen molar-refractivity contribution in [2.75, 3.05) is 31.9 Å². The van der Waals surface area contributed by atoms with Crippen LogP contribution in [0.2, 0.25) is 0 Å². The number of carbonyl (C=O) groups is 1. The van der Waals surface area contributed by atoms with Gasteiger partial charge in [-0.25, -0.2) is 8.42 Å². The molecular formula is C16H22N2O3S. The van der Waals surface area contributed by atoms with Gasteiger partial charge in [0.05, 0.1) is 5.75 Å². The van der Waals surface area contributed by atoms with Crippen molar-refractivity contribution in [3.8, 4) is 0 Å². The summed E-state index contributed by atoms with van der Waals surface area (Å²) >= 11 is 0. The molecule has 0 aromatic heterocycles. The van der Waals surface area contributed by atoms with Crippen molar-refractivity contribution in [3.05, 3.63) is 34.9 Å². The van der Waals surface area contributed by atoms with Gasteiger partial charge in [0.25, 0.3) is 5.91 Å². The maximum Gasteiger partial charge on any atom is 0.253 e. The largest absolute Gasteiger partial charge is 0.336 e. The Morgan fingerprint density at radius 1 is 1.09 bits per heavy atom. The molecule has 0 bridgehead atoms. The van der Waals surface area contributed by atoms with Gasteiger partial charge in [-0.15, -0.1) is 0 Å². The van der Waals surface area contributed by atoms with E-state index in [4.69, 9.17) is 0 Å². The summed E-state index contributed by atoms with van der Waals surface area (Å²) in [4.78, 5) is 14.3. The quantitative estimate of drug-likeness (QED) is 0.842. The highest BCUT2D eigenvalue weighted by atomic mass is 32.2. The van der Waals surface area contributed by atoms with Crippen molar-refractivity contribution in [2.24, 2.45) is 0 Å². The standard InChI is InChI=1S/C16H22N2O3S/c1-2-22(20,21)18-10-8-17(9-11-18)16(19)15-7-6-13-4-3-5-14(13)12-15/h6-7,12H,2-5,8-11H2,1H3. The summed E-state index contributed by atoms with van der Waals surface area (Å²) in [6.45, 7) is 3.38. The zero-order chi connectivity index (χ0) is 15.7. The fraction of sp³-hybridized carbons (Fsp3) is 0.562. The second-order valence-electron chi connectivity index (χ2n) is 5.93. The molecule has 1 saturated heterocycles. The number of benzene rings is 1. The van der Waals surface area contributed by atoms with Crippen molar-refractivity contribution in [1.82, 2.24) is 9.21 Å². The molecule has 0 saturated carbocycles. The predicted octanol–water partition coefficient (Wildman–Crippen LogP) is 1.28. The molecule has 1 heterocycles. The Morgan fingerprint density at radius 2 is 1.77 bits per heavy atom. The van der Waals surface area contributed by atoms with E-state index in [-0.39, 0.29) is 11.7 Å². The summed E-state index contributed by atoms with van der Waals surface area (Å²) in [6.07, 6.45) is 3.33. The Hall–Kier alpha value is -1.40. The summed E-state index contributed by atoms with van der Waals surface area (Å²) in [6, 6.07) is 5.98. The first kappa shape index (κ1) is 15.5. The van der Waals surface area contributed by atoms with E-state index >= 15 is 0 Å². The number of fused-ring (bicyclic) bond motifs is 1. The monoisotopic (exact) mass is 322 g/mol. The van der Waals surface area contributed by atoms with Gasteiger partial charge in [-0.3, -0.25) is 4.79 Å². The van der Waals surface area contributed by atoms with Gasteiger partial charge in [0.1, 0.15) is 0 Å². The van der Waals surface area contributed by atoms with E-state index in [1.165, 1.54) is 21.9 Å². The number of amides is 1. The fourth-order valence-corrected chi connectivity index (χ4v) is 4.32. The summed E-state index contributed by atoms with van der Waals surface area (Å²) in [7, 11) is -3.15. The van der Waals surface area contributed by atoms with Crippen LogP contribution in [0.3, 0.4) is 0 Å². The molecule has 3 rings (SSSR count). The highest BCUT2D eigenvalue weighted by Crippen LogP contribution is 2.23. The van der Waals surface area contributed by atoms with Crippen molar-refractivity contribution in [2.45, 2.75) is 26.2 Å². The third kappa shape index (κ3) is 2.90. The zero-order valence-electron chi connectivity index (χ0n) is 12.9. The summed E-state index contributed by atoms with van der Waals surface area (Å²) < 4.78 is 25.2. The summed E-state index contributed by atoms with van der Waals surface area (Å²) in [5.74, 6) is 0.134. The minimum atomic E-state index is -3.15. The van der Waals surface area contributed by atoms with Gasteiger partial charge >= 0.3 is 0 Å². The van der Waals surface area contributed by atoms with Gasteiger partial charge in [-0.05, 0) is 49.4 Å². The van der Waals surface area contributed by atoms with Gasteiger partial charge in [-0.1, -0.05) is 6.07 Å². The molecule has 1 aliphatic heterocycles. The van der Waals surface area contributed by atoms with Crippen LogP contribution in [0.4, 0.5) is 0 Å². The summed E-state index contributed by atoms with van der Waals surface area (Å²) in [5.41, 5.74) is 3.38. The van der Waals surface area contributed by atoms with Crippen LogP contribution < -0.4 is 0 Å². The topological polar surface area (TPSA) is 57.7 Å². The molecule has 120 valence electrons. The Morgan fingerprint density at radius 3 is 2.45 bits per heavy atom. The molecule has 0 atom stereocenters. The van der Waals surface area contributed by atoms with Crippen molar-refractivity contribution >= 4 is 15.9 Å². The van der Waals surface area contributed by atoms with Gasteiger partial charge < -0.3 is 4.90 Å². The molecule has 1 aromatic carbocycles. The number of hydrogen-bond acceptors (Lipinski definition) is 3. The van der Waals surface area contributed by atoms with Crippen molar-refractivity contribution in [3.63, 3.8) is 0 Å². The predicted molar refractivity (Wildman–Crippen MR) is 85.4 cm³/mol. The number of rotatable bonds is 3. The minimum absolute atomic E-state index is 0.0169. The highest BCUT2D eigenvalue weighted by Gasteiger charge is 2.28. The number of piperazine rings is 1. The van der Waals surface area contributed by atoms with E-state index in [0.717, 1.165) is 18.4 Å². The SMILES string of the molecule is CCS(=O)(=O)N1CCN(C(=O)c2ccc3c(c2)CCC3)CC1. The molecule has 6 heteroatoms. The van der Waals surface area contributed by atoms with Gasteiger partial charge in [0.15, 0.2) is 0 Å². The van der Waals surface area contributed by atoms with Gasteiger partial charge in [0.2, 0.25) is 10.0 Å². The van der Waals surface area contributed by atoms with E-state index < -0.39 is 10.0 Å². The van der Waals surface area contributed by atoms with Crippen molar-refractivity contribution in [1.29, 1.82) is 0 Å². The zero-order valence-corrected chi connectivity index (χ0v) is 13.7. The molecule has 5 nitrogen and oxygen atoms in total. The maximum atomic E-state index is 12.6. The first-order valence-corrected chi connectivity index (χ1v) is 9.51.